The van der Waals surface area contributed by atoms with E-state index in [9.17, 15) is 14.4 Å². The molecule has 0 radical (unpaired) electrons. The van der Waals surface area contributed by atoms with Crippen molar-refractivity contribution in [3.8, 4) is 0 Å². The van der Waals surface area contributed by atoms with E-state index in [1.807, 2.05) is 0 Å². The van der Waals surface area contributed by atoms with Crippen molar-refractivity contribution >= 4 is 17.9 Å². The Morgan fingerprint density at radius 3 is 2.32 bits per heavy atom. The molecule has 5 N–H and O–H groups in total. The van der Waals surface area contributed by atoms with Crippen molar-refractivity contribution < 1.29 is 24.6 Å². The number of hydrogen-bond donors (Lipinski definition) is 4. The van der Waals surface area contributed by atoms with E-state index >= 15 is 0 Å². The molecule has 0 bridgehead atoms. The zero-order valence-corrected chi connectivity index (χ0v) is 10.5. The molecule has 0 unspecified atom stereocenters. The Labute approximate surface area is 110 Å². The largest absolute Gasteiger partial charge is 0.480 e. The Morgan fingerprint density at radius 2 is 1.89 bits per heavy atom. The van der Waals surface area contributed by atoms with E-state index in [1.54, 1.807) is 0 Å². The third kappa shape index (κ3) is 4.74. The number of hydrogen-bond acceptors (Lipinski definition) is 4. The Hall–Kier alpha value is -1.83. The van der Waals surface area contributed by atoms with Crippen molar-refractivity contribution in [1.29, 1.82) is 0 Å². The topological polar surface area (TPSA) is 133 Å². The number of aliphatic carboxylic acids is 1. The highest BCUT2D eigenvalue weighted by molar-refractivity contribution is 5.87. The number of carbonyl (C=O) groups is 3. The number of nitrogens with one attached hydrogen (secondary N) is 1. The van der Waals surface area contributed by atoms with E-state index in [0.717, 1.165) is 0 Å². The van der Waals surface area contributed by atoms with Gasteiger partial charge >= 0.3 is 12.0 Å². The van der Waals surface area contributed by atoms with Crippen LogP contribution >= 0.6 is 0 Å². The van der Waals surface area contributed by atoms with Crippen LogP contribution in [0.5, 0.6) is 0 Å². The predicted octanol–water partition coefficient (Wildman–Crippen LogP) is -1.27. The minimum Gasteiger partial charge on any atom is -0.480 e. The van der Waals surface area contributed by atoms with Gasteiger partial charge in [0.05, 0.1) is 6.42 Å². The van der Waals surface area contributed by atoms with Crippen LogP contribution in [0.4, 0.5) is 4.79 Å². The molecule has 0 aliphatic carbocycles. The molecule has 8 heteroatoms. The highest BCUT2D eigenvalue weighted by Gasteiger charge is 2.27. The molecule has 0 saturated carbocycles. The monoisotopic (exact) mass is 273 g/mol. The van der Waals surface area contributed by atoms with Gasteiger partial charge in [0.2, 0.25) is 5.91 Å². The summed E-state index contributed by atoms with van der Waals surface area (Å²) in [4.78, 5) is 34.9. The fourth-order valence-electron chi connectivity index (χ4n) is 1.96. The number of amides is 3. The second-order valence-corrected chi connectivity index (χ2v) is 4.62. The maximum atomic E-state index is 11.8. The summed E-state index contributed by atoms with van der Waals surface area (Å²) in [5, 5.41) is 20.1. The number of nitrogens with zero attached hydrogens (tertiary/aromatic N) is 1. The average Bonchev–Trinajstić information content (AvgIpc) is 2.37. The number of carbonyl (C=O) groups excluding carboxylic acids is 2. The highest BCUT2D eigenvalue weighted by Crippen LogP contribution is 2.16. The SMILES string of the molecule is NC(=O)C[C@@H](NC(=O)N1CCC(CO)CC1)C(=O)O. The lowest BCUT2D eigenvalue weighted by molar-refractivity contribution is -0.141. The maximum absolute atomic E-state index is 11.8. The van der Waals surface area contributed by atoms with E-state index < -0.39 is 30.4 Å². The first kappa shape index (κ1) is 15.2. The minimum atomic E-state index is -1.31. The molecule has 0 aromatic rings. The number of aliphatic hydroxyl groups excluding tert-OH is 1. The number of aliphatic hydroxyl groups is 1. The number of rotatable bonds is 5. The fourth-order valence-corrected chi connectivity index (χ4v) is 1.96. The van der Waals surface area contributed by atoms with Gasteiger partial charge in [-0.15, -0.1) is 0 Å². The zero-order chi connectivity index (χ0) is 14.4. The molecule has 1 fully saturated rings. The van der Waals surface area contributed by atoms with E-state index in [-0.39, 0.29) is 12.5 Å². The Kier molecular flexibility index (Phi) is 5.56. The average molecular weight is 273 g/mol. The molecule has 1 aliphatic rings. The minimum absolute atomic E-state index is 0.0921. The van der Waals surface area contributed by atoms with Crippen molar-refractivity contribution in [1.82, 2.24) is 10.2 Å². The van der Waals surface area contributed by atoms with Crippen LogP contribution in [-0.4, -0.2) is 58.8 Å². The quantitative estimate of drug-likeness (QED) is 0.495. The molecule has 0 spiro atoms. The molecule has 3 amide bonds. The molecule has 8 nitrogen and oxygen atoms in total. The molecule has 1 saturated heterocycles. The first-order valence-electron chi connectivity index (χ1n) is 6.11. The van der Waals surface area contributed by atoms with Gasteiger partial charge in [0, 0.05) is 19.7 Å². The van der Waals surface area contributed by atoms with Crippen molar-refractivity contribution in [3.63, 3.8) is 0 Å². The van der Waals surface area contributed by atoms with Crippen LogP contribution in [0.3, 0.4) is 0 Å². The number of piperidine rings is 1. The third-order valence-electron chi connectivity index (χ3n) is 3.16. The first-order valence-corrected chi connectivity index (χ1v) is 6.11. The zero-order valence-electron chi connectivity index (χ0n) is 10.5. The summed E-state index contributed by atoms with van der Waals surface area (Å²) < 4.78 is 0. The summed E-state index contributed by atoms with van der Waals surface area (Å²) in [6, 6.07) is -1.83. The number of primary amides is 1. The van der Waals surface area contributed by atoms with Gasteiger partial charge in [0.25, 0.3) is 0 Å². The molecule has 108 valence electrons. The van der Waals surface area contributed by atoms with Crippen LogP contribution in [0.25, 0.3) is 0 Å². The van der Waals surface area contributed by atoms with Crippen molar-refractivity contribution in [2.24, 2.45) is 11.7 Å². The van der Waals surface area contributed by atoms with Gasteiger partial charge in [0.1, 0.15) is 6.04 Å². The van der Waals surface area contributed by atoms with Crippen LogP contribution < -0.4 is 11.1 Å². The summed E-state index contributed by atoms with van der Waals surface area (Å²) in [5.41, 5.74) is 4.93. The molecule has 1 heterocycles. The van der Waals surface area contributed by atoms with Crippen molar-refractivity contribution in [2.45, 2.75) is 25.3 Å². The Bertz CT molecular complexity index is 352. The van der Waals surface area contributed by atoms with Gasteiger partial charge in [-0.3, -0.25) is 4.79 Å². The third-order valence-corrected chi connectivity index (χ3v) is 3.16. The molecule has 0 aromatic carbocycles. The summed E-state index contributed by atoms with van der Waals surface area (Å²) in [6.07, 6.45) is 0.920. The molecule has 1 aliphatic heterocycles. The summed E-state index contributed by atoms with van der Waals surface area (Å²) in [5.74, 6) is -1.89. The molecule has 0 aromatic heterocycles. The van der Waals surface area contributed by atoms with Crippen LogP contribution in [0.1, 0.15) is 19.3 Å². The molecule has 19 heavy (non-hydrogen) atoms. The second kappa shape index (κ2) is 6.93. The Balaban J connectivity index is 2.48. The standard InChI is InChI=1S/C11H19N3O5/c12-9(16)5-8(10(17)18)13-11(19)14-3-1-7(6-15)2-4-14/h7-8,15H,1-6H2,(H2,12,16)(H,13,19)(H,17,18)/t8-/m1/s1. The predicted molar refractivity (Wildman–Crippen MR) is 65.1 cm³/mol. The van der Waals surface area contributed by atoms with E-state index in [1.165, 1.54) is 4.90 Å². The first-order chi connectivity index (χ1) is 8.93. The van der Waals surface area contributed by atoms with Gasteiger partial charge in [-0.25, -0.2) is 9.59 Å². The number of urea groups is 1. The van der Waals surface area contributed by atoms with Crippen molar-refractivity contribution in [3.05, 3.63) is 0 Å². The lowest BCUT2D eigenvalue weighted by atomic mass is 9.98. The summed E-state index contributed by atoms with van der Waals surface area (Å²) in [6.45, 7) is 1.01. The van der Waals surface area contributed by atoms with Gasteiger partial charge in [-0.1, -0.05) is 0 Å². The molecule has 1 rings (SSSR count). The van der Waals surface area contributed by atoms with Crippen LogP contribution in [0, 0.1) is 5.92 Å². The van der Waals surface area contributed by atoms with Crippen LogP contribution in [0.15, 0.2) is 0 Å². The van der Waals surface area contributed by atoms with Crippen molar-refractivity contribution in [2.75, 3.05) is 19.7 Å². The lowest BCUT2D eigenvalue weighted by Gasteiger charge is -2.31. The highest BCUT2D eigenvalue weighted by atomic mass is 16.4. The van der Waals surface area contributed by atoms with Gasteiger partial charge in [-0.2, -0.15) is 0 Å². The summed E-state index contributed by atoms with van der Waals surface area (Å²) in [7, 11) is 0. The number of likely N-dealkylation sites (tertiary alicyclic amines) is 1. The molecular weight excluding hydrogens is 254 g/mol. The van der Waals surface area contributed by atoms with Crippen LogP contribution in [-0.2, 0) is 9.59 Å². The fraction of sp³-hybridized carbons (Fsp3) is 0.727. The number of carboxylic acid groups (broad SMARTS) is 1. The maximum Gasteiger partial charge on any atom is 0.326 e. The van der Waals surface area contributed by atoms with E-state index in [0.29, 0.717) is 25.9 Å². The molecular formula is C11H19N3O5. The smallest absolute Gasteiger partial charge is 0.326 e. The van der Waals surface area contributed by atoms with Gasteiger partial charge in [-0.05, 0) is 18.8 Å². The molecule has 1 atom stereocenters. The van der Waals surface area contributed by atoms with Crippen LogP contribution in [0.2, 0.25) is 0 Å². The second-order valence-electron chi connectivity index (χ2n) is 4.62. The Morgan fingerprint density at radius 1 is 1.32 bits per heavy atom. The van der Waals surface area contributed by atoms with E-state index in [2.05, 4.69) is 5.32 Å². The van der Waals surface area contributed by atoms with Gasteiger partial charge < -0.3 is 26.2 Å². The number of carboxylic acids is 1. The van der Waals surface area contributed by atoms with Gasteiger partial charge in [0.15, 0.2) is 0 Å². The lowest BCUT2D eigenvalue weighted by Crippen LogP contribution is -2.51. The summed E-state index contributed by atoms with van der Waals surface area (Å²) >= 11 is 0. The van der Waals surface area contributed by atoms with E-state index in [4.69, 9.17) is 15.9 Å². The normalized spacial score (nSPS) is 17.8. The number of nitrogens with two attached hydrogens (primary N) is 1.